The molecule has 0 bridgehead atoms. The topological polar surface area (TPSA) is 21.3 Å². The number of hydrogen-bond acceptors (Lipinski definition) is 2. The van der Waals surface area contributed by atoms with Gasteiger partial charge in [0.15, 0.2) is 0 Å². The van der Waals surface area contributed by atoms with Gasteiger partial charge in [0, 0.05) is 17.5 Å². The maximum Gasteiger partial charge on any atom is 0.138 e. The predicted octanol–water partition coefficient (Wildman–Crippen LogP) is 4.44. The highest BCUT2D eigenvalue weighted by Crippen LogP contribution is 2.27. The summed E-state index contributed by atoms with van der Waals surface area (Å²) in [7, 11) is 0. The molecule has 0 unspecified atom stereocenters. The first-order chi connectivity index (χ1) is 8.59. The van der Waals surface area contributed by atoms with Gasteiger partial charge in [-0.15, -0.1) is 0 Å². The number of ether oxygens (including phenoxy) is 1. The lowest BCUT2D eigenvalue weighted by Crippen LogP contribution is -2.43. The van der Waals surface area contributed by atoms with Crippen LogP contribution in [0, 0.1) is 12.3 Å². The van der Waals surface area contributed by atoms with Gasteiger partial charge in [-0.2, -0.15) is 0 Å². The van der Waals surface area contributed by atoms with Crippen molar-refractivity contribution >= 4 is 11.6 Å². The Hall–Kier alpha value is -0.730. The van der Waals surface area contributed by atoms with Crippen LogP contribution >= 0.6 is 11.6 Å². The molecule has 1 aromatic carbocycles. The number of nitrogens with one attached hydrogen (secondary N) is 1. The third-order valence-electron chi connectivity index (χ3n) is 2.80. The van der Waals surface area contributed by atoms with E-state index in [0.717, 1.165) is 17.9 Å². The Kier molecular flexibility index (Phi) is 5.28. The molecule has 0 aromatic heterocycles. The fourth-order valence-corrected chi connectivity index (χ4v) is 1.72. The molecule has 19 heavy (non-hydrogen) atoms. The standard InChI is InChI=1S/C16H26ClNO/c1-12-7-8-13(17)14(9-12)19-11-16(5,6)10-18-15(2,3)4/h7-9,18H,10-11H2,1-6H3. The first-order valence-corrected chi connectivity index (χ1v) is 7.11. The van der Waals surface area contributed by atoms with E-state index in [-0.39, 0.29) is 11.0 Å². The molecule has 0 heterocycles. The Bertz CT molecular complexity index is 421. The SMILES string of the molecule is Cc1ccc(Cl)c(OCC(C)(C)CNC(C)(C)C)c1. The van der Waals surface area contributed by atoms with E-state index in [0.29, 0.717) is 11.6 Å². The van der Waals surface area contributed by atoms with Crippen molar-refractivity contribution in [3.05, 3.63) is 28.8 Å². The summed E-state index contributed by atoms with van der Waals surface area (Å²) < 4.78 is 5.88. The van der Waals surface area contributed by atoms with Gasteiger partial charge in [0.1, 0.15) is 5.75 Å². The van der Waals surface area contributed by atoms with Crippen molar-refractivity contribution in [3.63, 3.8) is 0 Å². The first kappa shape index (κ1) is 16.3. The molecule has 0 atom stereocenters. The zero-order valence-electron chi connectivity index (χ0n) is 12.9. The maximum atomic E-state index is 6.13. The maximum absolute atomic E-state index is 6.13. The van der Waals surface area contributed by atoms with E-state index in [2.05, 4.69) is 39.9 Å². The van der Waals surface area contributed by atoms with Gasteiger partial charge in [-0.1, -0.05) is 31.5 Å². The Morgan fingerprint density at radius 3 is 2.37 bits per heavy atom. The molecule has 2 nitrogen and oxygen atoms in total. The molecule has 108 valence electrons. The summed E-state index contributed by atoms with van der Waals surface area (Å²) in [5.74, 6) is 0.769. The summed E-state index contributed by atoms with van der Waals surface area (Å²) in [6, 6.07) is 5.85. The van der Waals surface area contributed by atoms with Crippen LogP contribution in [0.4, 0.5) is 0 Å². The minimum atomic E-state index is 0.0559. The van der Waals surface area contributed by atoms with Crippen molar-refractivity contribution in [1.82, 2.24) is 5.32 Å². The third kappa shape index (κ3) is 6.31. The normalized spacial score (nSPS) is 12.6. The fourth-order valence-electron chi connectivity index (χ4n) is 1.55. The van der Waals surface area contributed by atoms with Gasteiger partial charge in [-0.25, -0.2) is 0 Å². The van der Waals surface area contributed by atoms with E-state index in [1.54, 1.807) is 0 Å². The lowest BCUT2D eigenvalue weighted by Gasteiger charge is -2.30. The van der Waals surface area contributed by atoms with Crippen LogP contribution in [-0.2, 0) is 0 Å². The largest absolute Gasteiger partial charge is 0.491 e. The molecule has 0 saturated carbocycles. The Morgan fingerprint density at radius 2 is 1.79 bits per heavy atom. The lowest BCUT2D eigenvalue weighted by molar-refractivity contribution is 0.166. The highest BCUT2D eigenvalue weighted by molar-refractivity contribution is 6.32. The molecule has 0 saturated heterocycles. The van der Waals surface area contributed by atoms with Gasteiger partial charge in [0.05, 0.1) is 11.6 Å². The lowest BCUT2D eigenvalue weighted by atomic mass is 9.93. The van der Waals surface area contributed by atoms with Gasteiger partial charge in [-0.05, 0) is 45.4 Å². The van der Waals surface area contributed by atoms with E-state index in [9.17, 15) is 0 Å². The average Bonchev–Trinajstić information content (AvgIpc) is 2.27. The number of hydrogen-bond donors (Lipinski definition) is 1. The summed E-state index contributed by atoms with van der Waals surface area (Å²) in [4.78, 5) is 0. The quantitative estimate of drug-likeness (QED) is 0.862. The van der Waals surface area contributed by atoms with Gasteiger partial charge in [-0.3, -0.25) is 0 Å². The molecule has 1 N–H and O–H groups in total. The molecule has 0 fully saturated rings. The third-order valence-corrected chi connectivity index (χ3v) is 3.11. The summed E-state index contributed by atoms with van der Waals surface area (Å²) in [5.41, 5.74) is 1.34. The van der Waals surface area contributed by atoms with Crippen LogP contribution in [-0.4, -0.2) is 18.7 Å². The van der Waals surface area contributed by atoms with Gasteiger partial charge < -0.3 is 10.1 Å². The molecular formula is C16H26ClNO. The van der Waals surface area contributed by atoms with E-state index in [4.69, 9.17) is 16.3 Å². The Morgan fingerprint density at radius 1 is 1.16 bits per heavy atom. The highest BCUT2D eigenvalue weighted by Gasteiger charge is 2.22. The van der Waals surface area contributed by atoms with Crippen molar-refractivity contribution in [1.29, 1.82) is 0 Å². The van der Waals surface area contributed by atoms with Crippen molar-refractivity contribution < 1.29 is 4.74 Å². The number of aryl methyl sites for hydroxylation is 1. The van der Waals surface area contributed by atoms with E-state index in [1.807, 2.05) is 25.1 Å². The fraction of sp³-hybridized carbons (Fsp3) is 0.625. The number of halogens is 1. The summed E-state index contributed by atoms with van der Waals surface area (Å²) >= 11 is 6.13. The highest BCUT2D eigenvalue weighted by atomic mass is 35.5. The van der Waals surface area contributed by atoms with Gasteiger partial charge in [0.2, 0.25) is 0 Å². The van der Waals surface area contributed by atoms with Crippen LogP contribution in [0.2, 0.25) is 5.02 Å². The second kappa shape index (κ2) is 6.15. The summed E-state index contributed by atoms with van der Waals surface area (Å²) in [6.45, 7) is 14.5. The summed E-state index contributed by atoms with van der Waals surface area (Å²) in [6.07, 6.45) is 0. The minimum Gasteiger partial charge on any atom is -0.491 e. The monoisotopic (exact) mass is 283 g/mol. The zero-order valence-corrected chi connectivity index (χ0v) is 13.7. The average molecular weight is 284 g/mol. The smallest absolute Gasteiger partial charge is 0.138 e. The van der Waals surface area contributed by atoms with Crippen molar-refractivity contribution in [3.8, 4) is 5.75 Å². The summed E-state index contributed by atoms with van der Waals surface area (Å²) in [5, 5.41) is 4.18. The molecule has 0 aliphatic rings. The molecule has 0 aliphatic carbocycles. The van der Waals surface area contributed by atoms with Crippen molar-refractivity contribution in [2.75, 3.05) is 13.2 Å². The van der Waals surface area contributed by atoms with Gasteiger partial charge >= 0.3 is 0 Å². The molecule has 0 amide bonds. The molecule has 0 radical (unpaired) electrons. The van der Waals surface area contributed by atoms with Crippen LogP contribution in [0.5, 0.6) is 5.75 Å². The zero-order chi connectivity index (χ0) is 14.7. The minimum absolute atomic E-state index is 0.0559. The number of rotatable bonds is 5. The van der Waals surface area contributed by atoms with Crippen LogP contribution in [0.1, 0.15) is 40.2 Å². The van der Waals surface area contributed by atoms with Crippen molar-refractivity contribution in [2.45, 2.75) is 47.1 Å². The molecule has 1 aromatic rings. The molecule has 0 aliphatic heterocycles. The van der Waals surface area contributed by atoms with Crippen molar-refractivity contribution in [2.24, 2.45) is 5.41 Å². The number of benzene rings is 1. The van der Waals surface area contributed by atoms with Gasteiger partial charge in [0.25, 0.3) is 0 Å². The van der Waals surface area contributed by atoms with E-state index >= 15 is 0 Å². The van der Waals surface area contributed by atoms with E-state index in [1.165, 1.54) is 0 Å². The van der Waals surface area contributed by atoms with Crippen LogP contribution in [0.15, 0.2) is 18.2 Å². The van der Waals surface area contributed by atoms with Crippen LogP contribution < -0.4 is 10.1 Å². The van der Waals surface area contributed by atoms with Crippen LogP contribution in [0.3, 0.4) is 0 Å². The first-order valence-electron chi connectivity index (χ1n) is 6.73. The second-order valence-electron chi connectivity index (χ2n) is 6.99. The Balaban J connectivity index is 2.57. The van der Waals surface area contributed by atoms with Crippen LogP contribution in [0.25, 0.3) is 0 Å². The molecular weight excluding hydrogens is 258 g/mol. The molecule has 3 heteroatoms. The molecule has 1 rings (SSSR count). The van der Waals surface area contributed by atoms with E-state index < -0.39 is 0 Å². The second-order valence-corrected chi connectivity index (χ2v) is 7.40. The molecule has 0 spiro atoms. The Labute approximate surface area is 122 Å². The predicted molar refractivity (Wildman–Crippen MR) is 83.2 cm³/mol.